The van der Waals surface area contributed by atoms with E-state index in [1.54, 1.807) is 6.20 Å². The summed E-state index contributed by atoms with van der Waals surface area (Å²) >= 11 is 5.21. The Kier molecular flexibility index (Phi) is 4.70. The van der Waals surface area contributed by atoms with Gasteiger partial charge >= 0.3 is 0 Å². The van der Waals surface area contributed by atoms with Crippen LogP contribution in [0.15, 0.2) is 18.3 Å². The fraction of sp³-hybridized carbons (Fsp3) is 0.533. The third kappa shape index (κ3) is 2.98. The highest BCUT2D eigenvalue weighted by atomic mass is 32.1. The molecule has 1 amide bonds. The Bertz CT molecular complexity index is 508. The number of nitrogens with zero attached hydrogens (tertiary/aromatic N) is 1. The van der Waals surface area contributed by atoms with Gasteiger partial charge in [0.25, 0.3) is 0 Å². The van der Waals surface area contributed by atoms with Crippen molar-refractivity contribution in [1.29, 1.82) is 0 Å². The van der Waals surface area contributed by atoms with E-state index in [9.17, 15) is 4.79 Å². The van der Waals surface area contributed by atoms with E-state index in [0.717, 1.165) is 44.1 Å². The largest absolute Gasteiger partial charge is 0.392 e. The fourth-order valence-electron chi connectivity index (χ4n) is 2.76. The molecule has 0 radical (unpaired) electrons. The van der Waals surface area contributed by atoms with E-state index in [1.165, 1.54) is 0 Å². The monoisotopic (exact) mass is 291 g/mol. The van der Waals surface area contributed by atoms with Crippen LogP contribution in [-0.4, -0.2) is 15.9 Å². The van der Waals surface area contributed by atoms with Crippen LogP contribution in [0.25, 0.3) is 0 Å². The predicted molar refractivity (Wildman–Crippen MR) is 84.5 cm³/mol. The van der Waals surface area contributed by atoms with E-state index in [0.29, 0.717) is 10.8 Å². The van der Waals surface area contributed by atoms with Crippen LogP contribution in [0, 0.1) is 12.3 Å². The van der Waals surface area contributed by atoms with Crippen LogP contribution in [0.1, 0.15) is 44.1 Å². The molecule has 3 N–H and O–H groups in total. The molecular formula is C15H21N3OS. The first kappa shape index (κ1) is 14.9. The van der Waals surface area contributed by atoms with E-state index in [4.69, 9.17) is 18.0 Å². The predicted octanol–water partition coefficient (Wildman–Crippen LogP) is 2.96. The van der Waals surface area contributed by atoms with Crippen molar-refractivity contribution in [2.45, 2.75) is 45.4 Å². The van der Waals surface area contributed by atoms with Gasteiger partial charge in [0, 0.05) is 6.20 Å². The molecule has 1 aliphatic carbocycles. The Balaban J connectivity index is 2.23. The van der Waals surface area contributed by atoms with Crippen LogP contribution >= 0.6 is 12.2 Å². The van der Waals surface area contributed by atoms with Crippen molar-refractivity contribution in [3.63, 3.8) is 0 Å². The molecule has 20 heavy (non-hydrogen) atoms. The normalized spacial score (nSPS) is 18.1. The van der Waals surface area contributed by atoms with Crippen LogP contribution in [0.2, 0.25) is 0 Å². The van der Waals surface area contributed by atoms with Crippen molar-refractivity contribution in [3.05, 3.63) is 23.9 Å². The number of nitrogens with two attached hydrogens (primary N) is 1. The van der Waals surface area contributed by atoms with E-state index in [1.807, 2.05) is 19.1 Å². The lowest BCUT2D eigenvalue weighted by Gasteiger charge is -2.30. The van der Waals surface area contributed by atoms with Crippen LogP contribution < -0.4 is 11.1 Å². The van der Waals surface area contributed by atoms with E-state index in [2.05, 4.69) is 10.3 Å². The second-order valence-electron chi connectivity index (χ2n) is 5.48. The van der Waals surface area contributed by atoms with Gasteiger partial charge in [0.1, 0.15) is 5.82 Å². The van der Waals surface area contributed by atoms with Crippen molar-refractivity contribution >= 4 is 28.9 Å². The Hall–Kier alpha value is -1.49. The van der Waals surface area contributed by atoms with Gasteiger partial charge in [-0.1, -0.05) is 44.0 Å². The SMILES string of the molecule is Cc1cccnc1NC(=O)C1(C(N)=S)CCCCCC1. The third-order valence-corrected chi connectivity index (χ3v) is 4.50. The van der Waals surface area contributed by atoms with Crippen molar-refractivity contribution in [2.75, 3.05) is 5.32 Å². The highest BCUT2D eigenvalue weighted by molar-refractivity contribution is 7.80. The highest BCUT2D eigenvalue weighted by Gasteiger charge is 2.41. The number of anilines is 1. The number of nitrogens with one attached hydrogen (secondary N) is 1. The molecular weight excluding hydrogens is 270 g/mol. The highest BCUT2D eigenvalue weighted by Crippen LogP contribution is 2.36. The van der Waals surface area contributed by atoms with Gasteiger partial charge in [-0.3, -0.25) is 4.79 Å². The Morgan fingerprint density at radius 3 is 2.55 bits per heavy atom. The summed E-state index contributed by atoms with van der Waals surface area (Å²) in [5, 5.41) is 2.91. The smallest absolute Gasteiger partial charge is 0.238 e. The second kappa shape index (κ2) is 6.31. The summed E-state index contributed by atoms with van der Waals surface area (Å²) in [6.07, 6.45) is 7.40. The van der Waals surface area contributed by atoms with Gasteiger partial charge in [-0.15, -0.1) is 0 Å². The zero-order valence-corrected chi connectivity index (χ0v) is 12.6. The summed E-state index contributed by atoms with van der Waals surface area (Å²) in [7, 11) is 0. The lowest BCUT2D eigenvalue weighted by molar-refractivity contribution is -0.122. The second-order valence-corrected chi connectivity index (χ2v) is 5.92. The molecule has 1 heterocycles. The minimum Gasteiger partial charge on any atom is -0.392 e. The zero-order chi connectivity index (χ0) is 14.6. The summed E-state index contributed by atoms with van der Waals surface area (Å²) in [5.41, 5.74) is 6.14. The summed E-state index contributed by atoms with van der Waals surface area (Å²) in [4.78, 5) is 17.2. The first-order valence-corrected chi connectivity index (χ1v) is 7.50. The number of amides is 1. The molecule has 0 saturated heterocycles. The average molecular weight is 291 g/mol. The number of aryl methyl sites for hydroxylation is 1. The number of hydrogen-bond acceptors (Lipinski definition) is 3. The molecule has 0 aromatic carbocycles. The number of carbonyl (C=O) groups excluding carboxylic acids is 1. The maximum Gasteiger partial charge on any atom is 0.238 e. The summed E-state index contributed by atoms with van der Waals surface area (Å²) in [6.45, 7) is 1.92. The van der Waals surface area contributed by atoms with Crippen LogP contribution in [0.3, 0.4) is 0 Å². The van der Waals surface area contributed by atoms with Crippen molar-refractivity contribution in [3.8, 4) is 0 Å². The van der Waals surface area contributed by atoms with Crippen molar-refractivity contribution in [1.82, 2.24) is 4.98 Å². The number of rotatable bonds is 3. The molecule has 108 valence electrons. The van der Waals surface area contributed by atoms with Gasteiger partial charge in [0.2, 0.25) is 5.91 Å². The van der Waals surface area contributed by atoms with Crippen LogP contribution in [-0.2, 0) is 4.79 Å². The lowest BCUT2D eigenvalue weighted by atomic mass is 9.79. The number of carbonyl (C=O) groups is 1. The molecule has 0 bridgehead atoms. The van der Waals surface area contributed by atoms with Gasteiger partial charge in [-0.25, -0.2) is 4.98 Å². The minimum atomic E-state index is -0.713. The maximum atomic E-state index is 12.7. The van der Waals surface area contributed by atoms with Crippen molar-refractivity contribution in [2.24, 2.45) is 11.1 Å². The quantitative estimate of drug-likeness (QED) is 0.663. The first-order valence-electron chi connectivity index (χ1n) is 7.09. The summed E-state index contributed by atoms with van der Waals surface area (Å²) in [5.74, 6) is 0.492. The van der Waals surface area contributed by atoms with Gasteiger partial charge in [-0.2, -0.15) is 0 Å². The molecule has 0 atom stereocenters. The number of aromatic nitrogens is 1. The topological polar surface area (TPSA) is 68.0 Å². The summed E-state index contributed by atoms with van der Waals surface area (Å²) in [6, 6.07) is 3.77. The molecule has 4 nitrogen and oxygen atoms in total. The van der Waals surface area contributed by atoms with Gasteiger partial charge in [-0.05, 0) is 31.4 Å². The third-order valence-electron chi connectivity index (χ3n) is 4.10. The fourth-order valence-corrected chi connectivity index (χ4v) is 3.06. The van der Waals surface area contributed by atoms with Crippen LogP contribution in [0.5, 0.6) is 0 Å². The number of thiocarbonyl (C=S) groups is 1. The van der Waals surface area contributed by atoms with E-state index in [-0.39, 0.29) is 5.91 Å². The van der Waals surface area contributed by atoms with Gasteiger partial charge in [0.15, 0.2) is 0 Å². The molecule has 2 rings (SSSR count). The minimum absolute atomic E-state index is 0.103. The maximum absolute atomic E-state index is 12.7. The van der Waals surface area contributed by atoms with Gasteiger partial charge in [0.05, 0.1) is 10.4 Å². The van der Waals surface area contributed by atoms with Crippen LogP contribution in [0.4, 0.5) is 5.82 Å². The lowest BCUT2D eigenvalue weighted by Crippen LogP contribution is -2.45. The number of hydrogen-bond donors (Lipinski definition) is 2. The molecule has 1 fully saturated rings. The molecule has 1 aliphatic rings. The average Bonchev–Trinajstić information content (AvgIpc) is 2.68. The summed E-state index contributed by atoms with van der Waals surface area (Å²) < 4.78 is 0. The van der Waals surface area contributed by atoms with E-state index < -0.39 is 5.41 Å². The molecule has 0 aliphatic heterocycles. The molecule has 5 heteroatoms. The van der Waals surface area contributed by atoms with Gasteiger partial charge < -0.3 is 11.1 Å². The molecule has 1 saturated carbocycles. The molecule has 0 unspecified atom stereocenters. The molecule has 1 aromatic heterocycles. The van der Waals surface area contributed by atoms with Crippen molar-refractivity contribution < 1.29 is 4.79 Å². The Morgan fingerprint density at radius 1 is 1.35 bits per heavy atom. The van der Waals surface area contributed by atoms with E-state index >= 15 is 0 Å². The number of pyridine rings is 1. The standard InChI is InChI=1S/C15H21N3OS/c1-11-7-6-10-17-12(11)18-14(19)15(13(16)20)8-4-2-3-5-9-15/h6-7,10H,2-5,8-9H2,1H3,(H2,16,20)(H,17,18,19). The first-order chi connectivity index (χ1) is 9.56. The Labute approximate surface area is 125 Å². The Morgan fingerprint density at radius 2 is 2.00 bits per heavy atom. The zero-order valence-electron chi connectivity index (χ0n) is 11.8. The molecule has 1 aromatic rings. The molecule has 0 spiro atoms.